The first-order chi connectivity index (χ1) is 10.8. The van der Waals surface area contributed by atoms with Crippen molar-refractivity contribution >= 4 is 15.9 Å². The van der Waals surface area contributed by atoms with Gasteiger partial charge < -0.3 is 10.2 Å². The summed E-state index contributed by atoms with van der Waals surface area (Å²) >= 11 is 0. The van der Waals surface area contributed by atoms with Crippen molar-refractivity contribution < 1.29 is 13.2 Å². The summed E-state index contributed by atoms with van der Waals surface area (Å²) in [5.74, 6) is -0.241. The molecule has 0 unspecified atom stereocenters. The Balaban J connectivity index is 2.20. The fourth-order valence-electron chi connectivity index (χ4n) is 2.38. The number of carbonyl (C=O) groups excluding carboxylic acids is 1. The molecule has 1 fully saturated rings. The lowest BCUT2D eigenvalue weighted by molar-refractivity contribution is 0.0939. The largest absolute Gasteiger partial charge is 0.350 e. The summed E-state index contributed by atoms with van der Waals surface area (Å²) in [6, 6.07) is 6.33. The van der Waals surface area contributed by atoms with Crippen LogP contribution in [0.1, 0.15) is 30.6 Å². The molecule has 0 radical (unpaired) electrons. The molecule has 2 rings (SSSR count). The number of carbonyl (C=O) groups is 1. The van der Waals surface area contributed by atoms with Crippen LogP contribution in [0.5, 0.6) is 0 Å². The van der Waals surface area contributed by atoms with E-state index in [-0.39, 0.29) is 16.8 Å². The molecule has 7 heteroatoms. The number of hydrogen-bond donors (Lipinski definition) is 1. The van der Waals surface area contributed by atoms with E-state index in [0.29, 0.717) is 31.7 Å². The van der Waals surface area contributed by atoms with E-state index in [0.717, 1.165) is 6.42 Å². The number of sulfonamides is 1. The quantitative estimate of drug-likeness (QED) is 0.874. The van der Waals surface area contributed by atoms with Crippen molar-refractivity contribution in [3.63, 3.8) is 0 Å². The van der Waals surface area contributed by atoms with Gasteiger partial charge in [-0.15, -0.1) is 0 Å². The van der Waals surface area contributed by atoms with E-state index in [4.69, 9.17) is 0 Å². The highest BCUT2D eigenvalue weighted by molar-refractivity contribution is 7.89. The summed E-state index contributed by atoms with van der Waals surface area (Å²) in [5, 5.41) is 2.86. The molecule has 128 valence electrons. The molecule has 0 aliphatic carbocycles. The molecule has 1 aromatic carbocycles. The minimum Gasteiger partial charge on any atom is -0.350 e. The van der Waals surface area contributed by atoms with Crippen molar-refractivity contribution in [3.05, 3.63) is 29.8 Å². The Morgan fingerprint density at radius 3 is 2.52 bits per heavy atom. The second-order valence-electron chi connectivity index (χ2n) is 6.02. The minimum atomic E-state index is -3.55. The van der Waals surface area contributed by atoms with Crippen LogP contribution in [0.2, 0.25) is 0 Å². The van der Waals surface area contributed by atoms with E-state index in [9.17, 15) is 13.2 Å². The molecule has 1 saturated heterocycles. The maximum absolute atomic E-state index is 12.7. The lowest BCUT2D eigenvalue weighted by Gasteiger charge is -2.31. The zero-order valence-corrected chi connectivity index (χ0v) is 14.8. The third kappa shape index (κ3) is 4.31. The van der Waals surface area contributed by atoms with Crippen molar-refractivity contribution in [2.75, 3.05) is 33.2 Å². The second-order valence-corrected chi connectivity index (χ2v) is 7.96. The first-order valence-corrected chi connectivity index (χ1v) is 9.38. The van der Waals surface area contributed by atoms with Crippen molar-refractivity contribution in [3.8, 4) is 0 Å². The van der Waals surface area contributed by atoms with Crippen LogP contribution >= 0.6 is 0 Å². The summed E-state index contributed by atoms with van der Waals surface area (Å²) in [6.07, 6.45) is 0.824. The monoisotopic (exact) mass is 339 g/mol. The standard InChI is InChI=1S/C16H25N3O3S/c1-4-13(2)17-16(20)14-6-5-7-15(12-14)23(21,22)19-10-8-18(3)9-11-19/h5-7,12-13H,4,8-11H2,1-3H3,(H,17,20)/t13-/m0/s1. The summed E-state index contributed by atoms with van der Waals surface area (Å²) in [5.41, 5.74) is 0.375. The van der Waals surface area contributed by atoms with Crippen LogP contribution in [-0.4, -0.2) is 62.8 Å². The zero-order valence-electron chi connectivity index (χ0n) is 13.9. The maximum atomic E-state index is 12.7. The van der Waals surface area contributed by atoms with Gasteiger partial charge in [0, 0.05) is 37.8 Å². The molecule has 0 spiro atoms. The highest BCUT2D eigenvalue weighted by Crippen LogP contribution is 2.18. The summed E-state index contributed by atoms with van der Waals surface area (Å²) in [6.45, 7) is 6.28. The maximum Gasteiger partial charge on any atom is 0.251 e. The van der Waals surface area contributed by atoms with E-state index in [1.165, 1.54) is 10.4 Å². The van der Waals surface area contributed by atoms with Crippen LogP contribution in [0.3, 0.4) is 0 Å². The van der Waals surface area contributed by atoms with Crippen LogP contribution in [0.25, 0.3) is 0 Å². The highest BCUT2D eigenvalue weighted by atomic mass is 32.2. The Bertz CT molecular complexity index is 652. The summed E-state index contributed by atoms with van der Waals surface area (Å²) < 4.78 is 26.9. The number of benzene rings is 1. The number of hydrogen-bond acceptors (Lipinski definition) is 4. The van der Waals surface area contributed by atoms with Gasteiger partial charge in [0.1, 0.15) is 0 Å². The van der Waals surface area contributed by atoms with E-state index in [1.54, 1.807) is 18.2 Å². The SMILES string of the molecule is CC[C@H](C)NC(=O)c1cccc(S(=O)(=O)N2CCN(C)CC2)c1. The van der Waals surface area contributed by atoms with Gasteiger partial charge in [0.15, 0.2) is 0 Å². The Morgan fingerprint density at radius 2 is 1.91 bits per heavy atom. The van der Waals surface area contributed by atoms with Gasteiger partial charge in [0.05, 0.1) is 4.90 Å². The first kappa shape index (κ1) is 17.9. The summed E-state index contributed by atoms with van der Waals surface area (Å²) in [7, 11) is -1.57. The van der Waals surface area contributed by atoms with Gasteiger partial charge in [-0.25, -0.2) is 8.42 Å². The van der Waals surface area contributed by atoms with Crippen molar-refractivity contribution in [2.24, 2.45) is 0 Å². The van der Waals surface area contributed by atoms with Crippen molar-refractivity contribution in [2.45, 2.75) is 31.2 Å². The molecular weight excluding hydrogens is 314 g/mol. The van der Waals surface area contributed by atoms with Gasteiger partial charge in [0.25, 0.3) is 5.91 Å². The van der Waals surface area contributed by atoms with E-state index >= 15 is 0 Å². The molecule has 1 heterocycles. The molecule has 23 heavy (non-hydrogen) atoms. The number of likely N-dealkylation sites (N-methyl/N-ethyl adjacent to an activating group) is 1. The Hall–Kier alpha value is -1.44. The normalized spacial score (nSPS) is 18.6. The van der Waals surface area contributed by atoms with Crippen LogP contribution in [0.15, 0.2) is 29.2 Å². The lowest BCUT2D eigenvalue weighted by Crippen LogP contribution is -2.47. The average Bonchev–Trinajstić information content (AvgIpc) is 2.55. The van der Waals surface area contributed by atoms with Crippen LogP contribution in [0, 0.1) is 0 Å². The predicted molar refractivity (Wildman–Crippen MR) is 89.9 cm³/mol. The predicted octanol–water partition coefficient (Wildman–Crippen LogP) is 1.15. The van der Waals surface area contributed by atoms with Gasteiger partial charge in [-0.3, -0.25) is 4.79 Å². The van der Waals surface area contributed by atoms with E-state index < -0.39 is 10.0 Å². The van der Waals surface area contributed by atoms with Crippen LogP contribution in [0.4, 0.5) is 0 Å². The second kappa shape index (κ2) is 7.42. The molecule has 1 aromatic rings. The number of rotatable bonds is 5. The zero-order chi connectivity index (χ0) is 17.0. The first-order valence-electron chi connectivity index (χ1n) is 7.94. The molecule has 1 aliphatic heterocycles. The lowest BCUT2D eigenvalue weighted by atomic mass is 10.2. The highest BCUT2D eigenvalue weighted by Gasteiger charge is 2.27. The number of nitrogens with zero attached hydrogens (tertiary/aromatic N) is 2. The van der Waals surface area contributed by atoms with Gasteiger partial charge in [0.2, 0.25) is 10.0 Å². The van der Waals surface area contributed by atoms with Gasteiger partial charge in [-0.05, 0) is 38.6 Å². The Labute approximate surface area is 138 Å². The third-order valence-corrected chi connectivity index (χ3v) is 6.08. The van der Waals surface area contributed by atoms with E-state index in [2.05, 4.69) is 10.2 Å². The van der Waals surface area contributed by atoms with Crippen LogP contribution in [-0.2, 0) is 10.0 Å². The fraction of sp³-hybridized carbons (Fsp3) is 0.562. The molecule has 1 atom stereocenters. The molecule has 0 aromatic heterocycles. The van der Waals surface area contributed by atoms with Crippen molar-refractivity contribution in [1.29, 1.82) is 0 Å². The molecular formula is C16H25N3O3S. The number of piperazine rings is 1. The smallest absolute Gasteiger partial charge is 0.251 e. The van der Waals surface area contributed by atoms with Gasteiger partial charge in [-0.2, -0.15) is 4.31 Å². The Morgan fingerprint density at radius 1 is 1.26 bits per heavy atom. The average molecular weight is 339 g/mol. The Kier molecular flexibility index (Phi) is 5.78. The summed E-state index contributed by atoms with van der Waals surface area (Å²) in [4.78, 5) is 14.5. The van der Waals surface area contributed by atoms with Gasteiger partial charge >= 0.3 is 0 Å². The minimum absolute atomic E-state index is 0.0559. The molecule has 1 aliphatic rings. The molecule has 1 N–H and O–H groups in total. The van der Waals surface area contributed by atoms with Gasteiger partial charge in [-0.1, -0.05) is 13.0 Å². The molecule has 0 saturated carbocycles. The molecule has 0 bridgehead atoms. The third-order valence-electron chi connectivity index (χ3n) is 4.19. The fourth-order valence-corrected chi connectivity index (χ4v) is 3.85. The topological polar surface area (TPSA) is 69.7 Å². The van der Waals surface area contributed by atoms with Crippen LogP contribution < -0.4 is 5.32 Å². The molecule has 1 amide bonds. The molecule has 6 nitrogen and oxygen atoms in total. The number of nitrogens with one attached hydrogen (secondary N) is 1. The number of amides is 1. The van der Waals surface area contributed by atoms with E-state index in [1.807, 2.05) is 20.9 Å². The van der Waals surface area contributed by atoms with Crippen molar-refractivity contribution in [1.82, 2.24) is 14.5 Å².